The summed E-state index contributed by atoms with van der Waals surface area (Å²) in [4.78, 5) is 0. The second kappa shape index (κ2) is 6.08. The first-order valence-electron chi connectivity index (χ1n) is 6.84. The Hall–Kier alpha value is -0.780. The van der Waals surface area contributed by atoms with Gasteiger partial charge >= 0.3 is 0 Å². The maximum absolute atomic E-state index is 2.37. The first kappa shape index (κ1) is 11.7. The molecule has 0 saturated carbocycles. The molecule has 88 valence electrons. The van der Waals surface area contributed by atoms with Crippen LogP contribution in [0.25, 0.3) is 0 Å². The Labute approximate surface area is 100 Å². The summed E-state index contributed by atoms with van der Waals surface area (Å²) in [5, 5.41) is 0. The molecule has 0 fully saturated rings. The van der Waals surface area contributed by atoms with E-state index in [2.05, 4.69) is 31.2 Å². The molecule has 0 nitrogen and oxygen atoms in total. The number of hydrogen-bond acceptors (Lipinski definition) is 0. The highest BCUT2D eigenvalue weighted by molar-refractivity contribution is 5.19. The molecule has 0 aromatic heterocycles. The molecule has 2 aliphatic rings. The van der Waals surface area contributed by atoms with Gasteiger partial charge in [0.15, 0.2) is 0 Å². The van der Waals surface area contributed by atoms with E-state index in [-0.39, 0.29) is 0 Å². The summed E-state index contributed by atoms with van der Waals surface area (Å²) in [6.07, 6.45) is 20.0. The van der Waals surface area contributed by atoms with Crippen molar-refractivity contribution in [1.82, 2.24) is 0 Å². The number of allylic oxidation sites excluding steroid dienone is 6. The van der Waals surface area contributed by atoms with E-state index in [4.69, 9.17) is 0 Å². The van der Waals surface area contributed by atoms with Crippen LogP contribution in [0.4, 0.5) is 0 Å². The van der Waals surface area contributed by atoms with Gasteiger partial charge in [-0.15, -0.1) is 0 Å². The Morgan fingerprint density at radius 1 is 1.19 bits per heavy atom. The first-order chi connectivity index (χ1) is 7.86. The van der Waals surface area contributed by atoms with Crippen LogP contribution >= 0.6 is 0 Å². The van der Waals surface area contributed by atoms with Crippen LogP contribution in [0.1, 0.15) is 58.3 Å². The SMILES string of the molecule is C/C(CCC1CC=CCC1)=C1/CC=CCC1. The molecule has 0 spiro atoms. The van der Waals surface area contributed by atoms with Gasteiger partial charge in [0, 0.05) is 0 Å². The van der Waals surface area contributed by atoms with Crippen LogP contribution < -0.4 is 0 Å². The van der Waals surface area contributed by atoms with Crippen molar-refractivity contribution in [3.8, 4) is 0 Å². The van der Waals surface area contributed by atoms with E-state index >= 15 is 0 Å². The monoisotopic (exact) mass is 216 g/mol. The highest BCUT2D eigenvalue weighted by Crippen LogP contribution is 2.28. The van der Waals surface area contributed by atoms with Crippen molar-refractivity contribution < 1.29 is 0 Å². The average Bonchev–Trinajstić information content (AvgIpc) is 2.38. The second-order valence-corrected chi connectivity index (χ2v) is 5.29. The molecule has 16 heavy (non-hydrogen) atoms. The van der Waals surface area contributed by atoms with Crippen molar-refractivity contribution in [3.05, 3.63) is 35.5 Å². The van der Waals surface area contributed by atoms with Gasteiger partial charge in [-0.05, 0) is 64.2 Å². The van der Waals surface area contributed by atoms with Gasteiger partial charge in [-0.3, -0.25) is 0 Å². The Morgan fingerprint density at radius 2 is 2.06 bits per heavy atom. The molecule has 1 unspecified atom stereocenters. The van der Waals surface area contributed by atoms with Gasteiger partial charge in [-0.1, -0.05) is 35.5 Å². The minimum Gasteiger partial charge on any atom is -0.0885 e. The third kappa shape index (κ3) is 3.37. The predicted octanol–water partition coefficient (Wildman–Crippen LogP) is 5.18. The van der Waals surface area contributed by atoms with Crippen LogP contribution in [0.15, 0.2) is 35.5 Å². The summed E-state index contributed by atoms with van der Waals surface area (Å²) >= 11 is 0. The summed E-state index contributed by atoms with van der Waals surface area (Å²) in [6.45, 7) is 2.35. The lowest BCUT2D eigenvalue weighted by molar-refractivity contribution is 0.444. The third-order valence-corrected chi connectivity index (χ3v) is 4.05. The van der Waals surface area contributed by atoms with Gasteiger partial charge in [0.25, 0.3) is 0 Å². The molecule has 0 N–H and O–H groups in total. The first-order valence-corrected chi connectivity index (χ1v) is 6.84. The fraction of sp³-hybridized carbons (Fsp3) is 0.625. The average molecular weight is 216 g/mol. The fourth-order valence-electron chi connectivity index (χ4n) is 2.81. The maximum atomic E-state index is 2.37. The van der Waals surface area contributed by atoms with Crippen molar-refractivity contribution in [2.75, 3.05) is 0 Å². The van der Waals surface area contributed by atoms with Crippen molar-refractivity contribution in [2.45, 2.75) is 58.3 Å². The molecule has 0 aliphatic heterocycles. The second-order valence-electron chi connectivity index (χ2n) is 5.29. The van der Waals surface area contributed by atoms with Gasteiger partial charge in [-0.25, -0.2) is 0 Å². The molecule has 0 aromatic rings. The van der Waals surface area contributed by atoms with E-state index in [9.17, 15) is 0 Å². The summed E-state index contributed by atoms with van der Waals surface area (Å²) in [5.74, 6) is 0.958. The third-order valence-electron chi connectivity index (χ3n) is 4.05. The van der Waals surface area contributed by atoms with Crippen LogP contribution in [-0.2, 0) is 0 Å². The van der Waals surface area contributed by atoms with Crippen molar-refractivity contribution in [2.24, 2.45) is 5.92 Å². The molecule has 0 radical (unpaired) electrons. The molecule has 0 bridgehead atoms. The quantitative estimate of drug-likeness (QED) is 0.570. The smallest absolute Gasteiger partial charge is 0.0136 e. The molecule has 0 saturated heterocycles. The van der Waals surface area contributed by atoms with E-state index in [1.54, 1.807) is 11.1 Å². The normalized spacial score (nSPS) is 28.2. The van der Waals surface area contributed by atoms with Crippen molar-refractivity contribution in [1.29, 1.82) is 0 Å². The topological polar surface area (TPSA) is 0 Å². The molecular weight excluding hydrogens is 192 g/mol. The standard InChI is InChI=1S/C16H24/c1-14(16-10-6-3-7-11-16)12-13-15-8-4-2-5-9-15/h2-4,6,15H,5,7-13H2,1H3/b16-14+. The summed E-state index contributed by atoms with van der Waals surface area (Å²) in [5.41, 5.74) is 3.40. The van der Waals surface area contributed by atoms with E-state index in [1.807, 2.05) is 0 Å². The Balaban J connectivity index is 1.80. The molecule has 2 aliphatic carbocycles. The molecule has 0 heterocycles. The predicted molar refractivity (Wildman–Crippen MR) is 71.4 cm³/mol. The van der Waals surface area contributed by atoms with Crippen LogP contribution in [0.5, 0.6) is 0 Å². The van der Waals surface area contributed by atoms with E-state index in [1.165, 1.54) is 51.4 Å². The van der Waals surface area contributed by atoms with Crippen molar-refractivity contribution in [3.63, 3.8) is 0 Å². The van der Waals surface area contributed by atoms with E-state index < -0.39 is 0 Å². The number of rotatable bonds is 3. The minimum absolute atomic E-state index is 0.958. The molecule has 1 atom stereocenters. The molecule has 0 aromatic carbocycles. The van der Waals surface area contributed by atoms with E-state index in [0.29, 0.717) is 0 Å². The Bertz CT molecular complexity index is 304. The van der Waals surface area contributed by atoms with E-state index in [0.717, 1.165) is 5.92 Å². The zero-order chi connectivity index (χ0) is 11.2. The molecule has 0 amide bonds. The Kier molecular flexibility index (Phi) is 4.44. The van der Waals surface area contributed by atoms with Gasteiger partial charge in [0.05, 0.1) is 0 Å². The van der Waals surface area contributed by atoms with Crippen LogP contribution in [0.2, 0.25) is 0 Å². The fourth-order valence-corrected chi connectivity index (χ4v) is 2.81. The maximum Gasteiger partial charge on any atom is -0.0136 e. The summed E-state index contributed by atoms with van der Waals surface area (Å²) in [6, 6.07) is 0. The Morgan fingerprint density at radius 3 is 2.75 bits per heavy atom. The molecule has 0 heteroatoms. The van der Waals surface area contributed by atoms with Crippen molar-refractivity contribution >= 4 is 0 Å². The lowest BCUT2D eigenvalue weighted by Gasteiger charge is -2.19. The van der Waals surface area contributed by atoms with Gasteiger partial charge in [0.1, 0.15) is 0 Å². The summed E-state index contributed by atoms with van der Waals surface area (Å²) < 4.78 is 0. The van der Waals surface area contributed by atoms with Gasteiger partial charge in [0.2, 0.25) is 0 Å². The van der Waals surface area contributed by atoms with Crippen LogP contribution in [0, 0.1) is 5.92 Å². The van der Waals surface area contributed by atoms with Crippen LogP contribution in [0.3, 0.4) is 0 Å². The highest BCUT2D eigenvalue weighted by Gasteiger charge is 2.11. The summed E-state index contributed by atoms with van der Waals surface area (Å²) in [7, 11) is 0. The zero-order valence-electron chi connectivity index (χ0n) is 10.5. The lowest BCUT2D eigenvalue weighted by Crippen LogP contribution is -2.03. The molecular formula is C16H24. The molecule has 2 rings (SSSR count). The van der Waals surface area contributed by atoms with Gasteiger partial charge < -0.3 is 0 Å². The number of hydrogen-bond donors (Lipinski definition) is 0. The largest absolute Gasteiger partial charge is 0.0885 e. The zero-order valence-corrected chi connectivity index (χ0v) is 10.5. The van der Waals surface area contributed by atoms with Crippen LogP contribution in [-0.4, -0.2) is 0 Å². The highest BCUT2D eigenvalue weighted by atomic mass is 14.2. The van der Waals surface area contributed by atoms with Gasteiger partial charge in [-0.2, -0.15) is 0 Å². The lowest BCUT2D eigenvalue weighted by atomic mass is 9.87. The minimum atomic E-state index is 0.958.